The lowest BCUT2D eigenvalue weighted by molar-refractivity contribution is 0.252. The summed E-state index contributed by atoms with van der Waals surface area (Å²) in [5, 5.41) is 1.99. The molecule has 1 aromatic rings. The van der Waals surface area contributed by atoms with Crippen LogP contribution in [-0.4, -0.2) is 19.1 Å². The van der Waals surface area contributed by atoms with Gasteiger partial charge in [0, 0.05) is 20.1 Å². The summed E-state index contributed by atoms with van der Waals surface area (Å²) in [6.07, 6.45) is 0. The first-order valence-corrected chi connectivity index (χ1v) is 5.84. The van der Waals surface area contributed by atoms with Crippen LogP contribution in [0, 0.1) is 0 Å². The van der Waals surface area contributed by atoms with Crippen molar-refractivity contribution in [1.82, 2.24) is 10.4 Å². The van der Waals surface area contributed by atoms with E-state index in [-0.39, 0.29) is 5.41 Å². The highest BCUT2D eigenvalue weighted by molar-refractivity contribution is 5.28. The number of hydrogen-bond acceptors (Lipinski definition) is 2. The maximum Gasteiger partial charge on any atom is 0.0436 e. The molecule has 0 aromatic heterocycles. The Kier molecular flexibility index (Phi) is 4.11. The van der Waals surface area contributed by atoms with E-state index in [1.807, 2.05) is 19.1 Å². The van der Waals surface area contributed by atoms with E-state index in [0.29, 0.717) is 6.04 Å². The molecular weight excluding hydrogens is 196 g/mol. The molecule has 0 fully saturated rings. The van der Waals surface area contributed by atoms with Crippen LogP contribution in [0.25, 0.3) is 0 Å². The molecule has 1 rings (SSSR count). The van der Waals surface area contributed by atoms with Crippen molar-refractivity contribution in [1.29, 1.82) is 0 Å². The Balaban J connectivity index is 2.79. The number of hydrogen-bond donors (Lipinski definition) is 1. The number of rotatable bonds is 3. The molecule has 0 aliphatic carbocycles. The van der Waals surface area contributed by atoms with E-state index in [9.17, 15) is 0 Å². The zero-order valence-electron chi connectivity index (χ0n) is 11.3. The van der Waals surface area contributed by atoms with Crippen LogP contribution in [0.1, 0.15) is 44.9 Å². The van der Waals surface area contributed by atoms with Gasteiger partial charge in [0.25, 0.3) is 0 Å². The minimum Gasteiger partial charge on any atom is -0.250 e. The third-order valence-corrected chi connectivity index (χ3v) is 2.73. The van der Waals surface area contributed by atoms with Gasteiger partial charge in [0.05, 0.1) is 0 Å². The van der Waals surface area contributed by atoms with Crippen LogP contribution in [0.4, 0.5) is 0 Å². The molecule has 0 amide bonds. The summed E-state index contributed by atoms with van der Waals surface area (Å²) in [6.45, 7) is 8.89. The Labute approximate surface area is 99.6 Å². The van der Waals surface area contributed by atoms with Gasteiger partial charge in [-0.3, -0.25) is 5.01 Å². The van der Waals surface area contributed by atoms with Crippen LogP contribution in [0.15, 0.2) is 24.3 Å². The first-order chi connectivity index (χ1) is 7.30. The smallest absolute Gasteiger partial charge is 0.0436 e. The third kappa shape index (κ3) is 3.62. The normalized spacial score (nSPS) is 14.2. The third-order valence-electron chi connectivity index (χ3n) is 2.73. The quantitative estimate of drug-likeness (QED) is 0.787. The van der Waals surface area contributed by atoms with Gasteiger partial charge >= 0.3 is 0 Å². The van der Waals surface area contributed by atoms with Crippen molar-refractivity contribution >= 4 is 0 Å². The van der Waals surface area contributed by atoms with E-state index >= 15 is 0 Å². The summed E-state index contributed by atoms with van der Waals surface area (Å²) < 4.78 is 0. The highest BCUT2D eigenvalue weighted by atomic mass is 15.5. The van der Waals surface area contributed by atoms with Gasteiger partial charge in [0.1, 0.15) is 0 Å². The van der Waals surface area contributed by atoms with E-state index in [2.05, 4.69) is 57.4 Å². The summed E-state index contributed by atoms with van der Waals surface area (Å²) in [7, 11) is 4.03. The van der Waals surface area contributed by atoms with Crippen molar-refractivity contribution in [3.8, 4) is 0 Å². The van der Waals surface area contributed by atoms with Crippen LogP contribution in [0.3, 0.4) is 0 Å². The van der Waals surface area contributed by atoms with E-state index in [1.54, 1.807) is 0 Å². The predicted octanol–water partition coefficient (Wildman–Crippen LogP) is 3.11. The molecule has 1 unspecified atom stereocenters. The minimum atomic E-state index is 0.233. The van der Waals surface area contributed by atoms with E-state index in [0.717, 1.165) is 0 Å². The summed E-state index contributed by atoms with van der Waals surface area (Å²) in [5.41, 5.74) is 6.29. The van der Waals surface area contributed by atoms with Gasteiger partial charge in [0.15, 0.2) is 0 Å². The van der Waals surface area contributed by atoms with Crippen LogP contribution < -0.4 is 5.43 Å². The summed E-state index contributed by atoms with van der Waals surface area (Å²) >= 11 is 0. The maximum atomic E-state index is 3.35. The van der Waals surface area contributed by atoms with Gasteiger partial charge in [0.2, 0.25) is 0 Å². The topological polar surface area (TPSA) is 15.3 Å². The molecule has 2 heteroatoms. The summed E-state index contributed by atoms with van der Waals surface area (Å²) in [5.74, 6) is 0. The Bertz CT molecular complexity index is 320. The average Bonchev–Trinajstić information content (AvgIpc) is 2.15. The molecule has 1 atom stereocenters. The van der Waals surface area contributed by atoms with Crippen molar-refractivity contribution in [2.75, 3.05) is 14.1 Å². The molecule has 0 radical (unpaired) electrons. The van der Waals surface area contributed by atoms with Crippen LogP contribution in [0.2, 0.25) is 0 Å². The van der Waals surface area contributed by atoms with Gasteiger partial charge in [-0.2, -0.15) is 0 Å². The van der Waals surface area contributed by atoms with E-state index in [4.69, 9.17) is 0 Å². The Morgan fingerprint density at radius 1 is 1.06 bits per heavy atom. The number of hydrazine groups is 1. The number of nitrogens with one attached hydrogen (secondary N) is 1. The minimum absolute atomic E-state index is 0.233. The average molecular weight is 220 g/mol. The molecule has 0 bridgehead atoms. The van der Waals surface area contributed by atoms with Gasteiger partial charge in [-0.15, -0.1) is 0 Å². The van der Waals surface area contributed by atoms with Crippen molar-refractivity contribution in [3.05, 3.63) is 35.4 Å². The zero-order valence-corrected chi connectivity index (χ0v) is 11.3. The molecule has 0 spiro atoms. The molecule has 16 heavy (non-hydrogen) atoms. The molecule has 1 N–H and O–H groups in total. The molecule has 0 aliphatic rings. The Hall–Kier alpha value is -0.860. The van der Waals surface area contributed by atoms with E-state index in [1.165, 1.54) is 11.1 Å². The monoisotopic (exact) mass is 220 g/mol. The van der Waals surface area contributed by atoms with Gasteiger partial charge in [-0.05, 0) is 23.5 Å². The second kappa shape index (κ2) is 4.98. The number of benzene rings is 1. The predicted molar refractivity (Wildman–Crippen MR) is 70.4 cm³/mol. The molecule has 0 aliphatic heterocycles. The maximum absolute atomic E-state index is 3.35. The largest absolute Gasteiger partial charge is 0.250 e. The second-order valence-electron chi connectivity index (χ2n) is 5.62. The highest BCUT2D eigenvalue weighted by Crippen LogP contribution is 2.23. The Morgan fingerprint density at radius 2 is 1.56 bits per heavy atom. The lowest BCUT2D eigenvalue weighted by Gasteiger charge is -2.22. The standard InChI is InChI=1S/C14H24N2/c1-11(15-16(5)6)12-7-9-13(10-8-12)14(2,3)4/h7-11,15H,1-6H3. The van der Waals surface area contributed by atoms with Gasteiger partial charge in [-0.25, -0.2) is 5.43 Å². The molecule has 1 aromatic carbocycles. The zero-order chi connectivity index (χ0) is 12.3. The fourth-order valence-corrected chi connectivity index (χ4v) is 1.73. The lowest BCUT2D eigenvalue weighted by Crippen LogP contribution is -2.32. The molecule has 0 saturated carbocycles. The lowest BCUT2D eigenvalue weighted by atomic mass is 9.86. The SMILES string of the molecule is CC(NN(C)C)c1ccc(C(C)(C)C)cc1. The van der Waals surface area contributed by atoms with Crippen molar-refractivity contribution in [3.63, 3.8) is 0 Å². The van der Waals surface area contributed by atoms with Gasteiger partial charge < -0.3 is 0 Å². The first kappa shape index (κ1) is 13.2. The summed E-state index contributed by atoms with van der Waals surface area (Å²) in [4.78, 5) is 0. The van der Waals surface area contributed by atoms with Crippen LogP contribution in [0.5, 0.6) is 0 Å². The van der Waals surface area contributed by atoms with Crippen molar-refractivity contribution in [2.45, 2.75) is 39.2 Å². The fourth-order valence-electron chi connectivity index (χ4n) is 1.73. The van der Waals surface area contributed by atoms with E-state index < -0.39 is 0 Å². The Morgan fingerprint density at radius 3 is 1.94 bits per heavy atom. The van der Waals surface area contributed by atoms with Gasteiger partial charge in [-0.1, -0.05) is 45.0 Å². The second-order valence-corrected chi connectivity index (χ2v) is 5.62. The molecule has 2 nitrogen and oxygen atoms in total. The summed E-state index contributed by atoms with van der Waals surface area (Å²) in [6, 6.07) is 9.22. The molecule has 0 saturated heterocycles. The highest BCUT2D eigenvalue weighted by Gasteiger charge is 2.13. The van der Waals surface area contributed by atoms with Crippen LogP contribution >= 0.6 is 0 Å². The molecule has 90 valence electrons. The first-order valence-electron chi connectivity index (χ1n) is 5.84. The van der Waals surface area contributed by atoms with Crippen molar-refractivity contribution < 1.29 is 0 Å². The van der Waals surface area contributed by atoms with Crippen LogP contribution in [-0.2, 0) is 5.41 Å². The molecular formula is C14H24N2. The van der Waals surface area contributed by atoms with Crippen molar-refractivity contribution in [2.24, 2.45) is 0 Å². The molecule has 0 heterocycles. The number of nitrogens with zero attached hydrogens (tertiary/aromatic N) is 1. The fraction of sp³-hybridized carbons (Fsp3) is 0.571.